The first-order chi connectivity index (χ1) is 40.7. The average Bonchev–Trinajstić information content (AvgIpc) is 1.73. The molecule has 13 heteroatoms. The Morgan fingerprint density at radius 1 is 0.386 bits per heavy atom. The third kappa shape index (κ3) is 8.57. The summed E-state index contributed by atoms with van der Waals surface area (Å²) in [5, 5.41) is 3.27. The van der Waals surface area contributed by atoms with Gasteiger partial charge in [-0.25, -0.2) is 0 Å². The van der Waals surface area contributed by atoms with Gasteiger partial charge in [0.05, 0.1) is 69.9 Å². The number of furan rings is 1. The van der Waals surface area contributed by atoms with Crippen LogP contribution in [0.5, 0.6) is 46.0 Å². The summed E-state index contributed by atoms with van der Waals surface area (Å²) in [6.07, 6.45) is 3.11. The number of hydrogen-bond donors (Lipinski definition) is 0. The maximum absolute atomic E-state index is 6.60. The standard InChI is InChI=1S/C70H60BN3O9/c1-70(2,3)47-15-18-48(19-16-47)72(49-17-14-43-32-46(13-12-44(43)33-49)62-34-45-10-4-5-11-59(45)83-62)52-35-57-69-58(36-52)74(51-21-23-61-64(38-51)78-27-7-25-76-61)56-42-68-66(80-29-9-31-82-68)40-54(56)71(69)53-39-65-67(81-30-8-28-79-65)41-55(53)73(57)50-20-22-60-63(37-50)77-26-6-24-75-60/h4-5,10-23,32-42H,6-9,24-31H2,1-3H3. The van der Waals surface area contributed by atoms with E-state index in [-0.39, 0.29) is 12.1 Å². The topological polar surface area (TPSA) is 96.7 Å². The van der Waals surface area contributed by atoms with Gasteiger partial charge in [-0.15, -0.1) is 0 Å². The van der Waals surface area contributed by atoms with Crippen molar-refractivity contribution < 1.29 is 42.3 Å². The third-order valence-corrected chi connectivity index (χ3v) is 16.8. The van der Waals surface area contributed by atoms with Crippen LogP contribution < -0.4 is 69.0 Å². The summed E-state index contributed by atoms with van der Waals surface area (Å²) < 4.78 is 58.4. The molecule has 16 rings (SSSR count). The number of fused-ring (bicyclic) bond motifs is 10. The molecule has 0 radical (unpaired) electrons. The summed E-state index contributed by atoms with van der Waals surface area (Å²) in [5.41, 5.74) is 14.9. The van der Waals surface area contributed by atoms with Crippen LogP contribution in [0.1, 0.15) is 52.0 Å². The van der Waals surface area contributed by atoms with Gasteiger partial charge in [0.2, 0.25) is 0 Å². The van der Waals surface area contributed by atoms with Gasteiger partial charge >= 0.3 is 0 Å². The second-order valence-electron chi connectivity index (χ2n) is 23.2. The number of ether oxygens (including phenoxy) is 8. The first kappa shape index (κ1) is 49.5. The van der Waals surface area contributed by atoms with E-state index in [1.165, 1.54) is 5.56 Å². The Kier molecular flexibility index (Phi) is 11.7. The lowest BCUT2D eigenvalue weighted by atomic mass is 9.33. The minimum absolute atomic E-state index is 0.0676. The molecular formula is C70H60BN3O9. The molecule has 0 fully saturated rings. The molecular weight excluding hydrogens is 1040 g/mol. The van der Waals surface area contributed by atoms with Crippen LogP contribution >= 0.6 is 0 Å². The second kappa shape index (κ2) is 19.7. The lowest BCUT2D eigenvalue weighted by Gasteiger charge is -2.45. The van der Waals surface area contributed by atoms with Crippen molar-refractivity contribution in [2.45, 2.75) is 51.9 Å². The quantitative estimate of drug-likeness (QED) is 0.148. The molecule has 6 aliphatic heterocycles. The first-order valence-electron chi connectivity index (χ1n) is 29.1. The molecule has 6 aliphatic rings. The molecule has 0 amide bonds. The highest BCUT2D eigenvalue weighted by Gasteiger charge is 2.46. The smallest absolute Gasteiger partial charge is 0.252 e. The highest BCUT2D eigenvalue weighted by molar-refractivity contribution is 7.00. The van der Waals surface area contributed by atoms with Crippen LogP contribution in [0.15, 0.2) is 168 Å². The molecule has 0 bridgehead atoms. The lowest BCUT2D eigenvalue weighted by Crippen LogP contribution is -2.61. The summed E-state index contributed by atoms with van der Waals surface area (Å²) in [7, 11) is 0. The van der Waals surface area contributed by atoms with E-state index in [4.69, 9.17) is 42.3 Å². The van der Waals surface area contributed by atoms with E-state index in [2.05, 4.69) is 169 Å². The van der Waals surface area contributed by atoms with Gasteiger partial charge in [-0.05, 0) is 129 Å². The lowest BCUT2D eigenvalue weighted by molar-refractivity contribution is 0.296. The molecule has 83 heavy (non-hydrogen) atoms. The predicted molar refractivity (Wildman–Crippen MR) is 329 cm³/mol. The van der Waals surface area contributed by atoms with E-state index in [9.17, 15) is 0 Å². The zero-order valence-corrected chi connectivity index (χ0v) is 46.7. The highest BCUT2D eigenvalue weighted by Crippen LogP contribution is 2.53. The van der Waals surface area contributed by atoms with Crippen molar-refractivity contribution in [2.24, 2.45) is 0 Å². The number of nitrogens with zero attached hydrogens (tertiary/aromatic N) is 3. The highest BCUT2D eigenvalue weighted by atomic mass is 16.5. The van der Waals surface area contributed by atoms with Gasteiger partial charge in [0.25, 0.3) is 6.71 Å². The molecule has 0 saturated carbocycles. The monoisotopic (exact) mass is 1100 g/mol. The predicted octanol–water partition coefficient (Wildman–Crippen LogP) is 14.7. The van der Waals surface area contributed by atoms with Crippen LogP contribution in [0.3, 0.4) is 0 Å². The van der Waals surface area contributed by atoms with Gasteiger partial charge in [-0.3, -0.25) is 0 Å². The van der Waals surface area contributed by atoms with Gasteiger partial charge in [0, 0.05) is 95.0 Å². The van der Waals surface area contributed by atoms with E-state index in [1.807, 2.05) is 30.3 Å². The molecule has 0 aliphatic carbocycles. The number of benzene rings is 9. The van der Waals surface area contributed by atoms with Gasteiger partial charge in [-0.2, -0.15) is 0 Å². The zero-order valence-electron chi connectivity index (χ0n) is 46.7. The Balaban J connectivity index is 0.980. The van der Waals surface area contributed by atoms with Crippen LogP contribution in [-0.2, 0) is 5.41 Å². The fourth-order valence-electron chi connectivity index (χ4n) is 12.8. The Morgan fingerprint density at radius 2 is 0.867 bits per heavy atom. The van der Waals surface area contributed by atoms with E-state index in [0.29, 0.717) is 87.4 Å². The largest absolute Gasteiger partial charge is 0.490 e. The van der Waals surface area contributed by atoms with Crippen LogP contribution in [0.2, 0.25) is 0 Å². The Labute approximate surface area is 482 Å². The number of anilines is 9. The molecule has 0 spiro atoms. The molecule has 0 saturated heterocycles. The van der Waals surface area contributed by atoms with Crippen molar-refractivity contribution in [2.75, 3.05) is 67.6 Å². The normalized spacial score (nSPS) is 15.8. The van der Waals surface area contributed by atoms with Gasteiger partial charge in [0.1, 0.15) is 11.3 Å². The van der Waals surface area contributed by atoms with Crippen molar-refractivity contribution in [1.29, 1.82) is 0 Å². The molecule has 7 heterocycles. The van der Waals surface area contributed by atoms with Crippen molar-refractivity contribution >= 4 is 96.0 Å². The number of para-hydroxylation sites is 1. The number of hydrogen-bond acceptors (Lipinski definition) is 12. The van der Waals surface area contributed by atoms with Crippen molar-refractivity contribution in [1.82, 2.24) is 0 Å². The maximum atomic E-state index is 6.60. The minimum atomic E-state index is -0.317. The fraction of sp³-hybridized carbons (Fsp3) is 0.229. The second-order valence-corrected chi connectivity index (χ2v) is 23.2. The fourth-order valence-corrected chi connectivity index (χ4v) is 12.8. The minimum Gasteiger partial charge on any atom is -0.490 e. The Bertz CT molecular complexity index is 4040. The van der Waals surface area contributed by atoms with Gasteiger partial charge in [0.15, 0.2) is 46.0 Å². The van der Waals surface area contributed by atoms with Crippen LogP contribution in [0.4, 0.5) is 51.2 Å². The van der Waals surface area contributed by atoms with Crippen molar-refractivity contribution in [3.8, 4) is 57.3 Å². The van der Waals surface area contributed by atoms with Gasteiger partial charge in [-0.1, -0.05) is 69.3 Å². The first-order valence-corrected chi connectivity index (χ1v) is 29.1. The summed E-state index contributed by atoms with van der Waals surface area (Å²) in [6.45, 7) is 10.9. The maximum Gasteiger partial charge on any atom is 0.252 e. The Morgan fingerprint density at radius 3 is 1.41 bits per heavy atom. The average molecular weight is 1100 g/mol. The Hall–Kier alpha value is -9.36. The number of rotatable bonds is 6. The molecule has 0 N–H and O–H groups in total. The molecule has 9 aromatic carbocycles. The van der Waals surface area contributed by atoms with E-state index in [0.717, 1.165) is 138 Å². The molecule has 0 atom stereocenters. The van der Waals surface area contributed by atoms with Gasteiger partial charge < -0.3 is 57.0 Å². The molecule has 1 aromatic heterocycles. The van der Waals surface area contributed by atoms with E-state index < -0.39 is 0 Å². The van der Waals surface area contributed by atoms with Crippen LogP contribution in [0.25, 0.3) is 33.1 Å². The SMILES string of the molecule is CC(C)(C)c1ccc(N(c2cc3c4c(c2)N(c2ccc5c(c2)OCCCO5)c2cc5c(cc2B4c2cc4c(cc2N3c2ccc3c(c2)OCCCO3)OCCCO4)OCCCO5)c2ccc3cc(-c4cc5ccccc5o4)ccc3c2)cc1. The van der Waals surface area contributed by atoms with Crippen molar-refractivity contribution in [3.63, 3.8) is 0 Å². The van der Waals surface area contributed by atoms with Crippen LogP contribution in [-0.4, -0.2) is 59.6 Å². The summed E-state index contributed by atoms with van der Waals surface area (Å²) in [4.78, 5) is 7.17. The summed E-state index contributed by atoms with van der Waals surface area (Å²) >= 11 is 0. The summed E-state index contributed by atoms with van der Waals surface area (Å²) in [5.74, 6) is 6.50. The van der Waals surface area contributed by atoms with E-state index in [1.54, 1.807) is 0 Å². The summed E-state index contributed by atoms with van der Waals surface area (Å²) in [6, 6.07) is 58.9. The molecule has 412 valence electrons. The van der Waals surface area contributed by atoms with Crippen molar-refractivity contribution in [3.05, 3.63) is 169 Å². The zero-order chi connectivity index (χ0) is 55.3. The van der Waals surface area contributed by atoms with E-state index >= 15 is 0 Å². The third-order valence-electron chi connectivity index (χ3n) is 16.8. The molecule has 0 unspecified atom stereocenters. The molecule has 12 nitrogen and oxygen atoms in total. The van der Waals surface area contributed by atoms with Crippen LogP contribution in [0, 0.1) is 0 Å². The molecule has 10 aromatic rings.